The number of aliphatic imine (C=N–C) groups is 1. The Labute approximate surface area is 425 Å². The van der Waals surface area contributed by atoms with Gasteiger partial charge in [-0.3, -0.25) is 19.4 Å². The van der Waals surface area contributed by atoms with Crippen LogP contribution in [0.3, 0.4) is 0 Å². The maximum absolute atomic E-state index is 15.5. The van der Waals surface area contributed by atoms with Crippen molar-refractivity contribution in [3.63, 3.8) is 0 Å². The number of phenolic OH excluding ortho intramolecular Hbond substituents is 1. The van der Waals surface area contributed by atoms with Gasteiger partial charge in [-0.05, 0) is 187 Å². The normalized spacial score (nSPS) is 15.4. The number of nitrogens with one attached hydrogen (secondary N) is 2. The summed E-state index contributed by atoms with van der Waals surface area (Å²) in [6, 6.07) is 20.0. The zero-order valence-electron chi connectivity index (χ0n) is 43.6. The summed E-state index contributed by atoms with van der Waals surface area (Å²) in [4.78, 5) is 49.3. The highest BCUT2D eigenvalue weighted by Gasteiger charge is 2.38. The van der Waals surface area contributed by atoms with Crippen LogP contribution >= 0.6 is 0 Å². The van der Waals surface area contributed by atoms with E-state index >= 15 is 4.79 Å². The summed E-state index contributed by atoms with van der Waals surface area (Å²) in [7, 11) is -4.19. The van der Waals surface area contributed by atoms with Gasteiger partial charge in [0.15, 0.2) is 0 Å². The highest BCUT2D eigenvalue weighted by Crippen LogP contribution is 2.42. The highest BCUT2D eigenvalue weighted by atomic mass is 32.2. The standard InChI is InChI=1S/C56H73N7O8S/c1-32-27-39(28-33(2)48(32)64)29-45(57)52(66)61-46(30-38-18-22-43(23-19-38)70-55(7,8)9)53(67)63(37(6)41-21-20-40-15-12-13-16-42(40)31-41)47(51(58)65)17-14-26-60-54(59)62-72(68,69)50-35(4)34(3)49-44(36(50)5)24-25-56(10,11)71-49/h12-13,15-16,18-23,27-28,31,37,45-47,64H,14,17,24-26,29-30,57H2,1-11H3,(H2,58,65)(H,61,66)(H3,59,60,62)/t37-,45+,46+,47+/m1/s1. The van der Waals surface area contributed by atoms with Crippen LogP contribution in [0.5, 0.6) is 17.2 Å². The van der Waals surface area contributed by atoms with Crippen molar-refractivity contribution in [2.75, 3.05) is 6.54 Å². The van der Waals surface area contributed by atoms with Gasteiger partial charge in [0, 0.05) is 13.0 Å². The van der Waals surface area contributed by atoms with Crippen LogP contribution in [-0.2, 0) is 43.7 Å². The second-order valence-electron chi connectivity index (χ2n) is 20.8. The molecular formula is C56H73N7O8S. The number of fused-ring (bicyclic) bond motifs is 2. The molecule has 386 valence electrons. The quantitative estimate of drug-likeness (QED) is 0.0287. The largest absolute Gasteiger partial charge is 0.507 e. The summed E-state index contributed by atoms with van der Waals surface area (Å²) >= 11 is 0. The lowest BCUT2D eigenvalue weighted by Gasteiger charge is -2.38. The molecule has 1 aliphatic rings. The van der Waals surface area contributed by atoms with E-state index in [1.807, 2.05) is 96.1 Å². The average molecular weight is 1000 g/mol. The molecular weight excluding hydrogens is 931 g/mol. The third-order valence-electron chi connectivity index (χ3n) is 13.4. The van der Waals surface area contributed by atoms with E-state index in [1.54, 1.807) is 58.9 Å². The maximum atomic E-state index is 15.5. The molecule has 0 unspecified atom stereocenters. The Morgan fingerprint density at radius 2 is 1.51 bits per heavy atom. The fourth-order valence-electron chi connectivity index (χ4n) is 9.57. The summed E-state index contributed by atoms with van der Waals surface area (Å²) in [5, 5.41) is 15.2. The SMILES string of the molecule is Cc1cc(C[C@H](N)C(=O)N[C@@H](Cc2ccc(OC(C)(C)C)cc2)C(=O)N([C@H](C)c2ccc3ccccc3c2)[C@@H](CCCN=C(N)NS(=O)(=O)c2c(C)c(C)c3c(c2C)CCC(C)(C)O3)C(N)=O)cc(C)c1O. The van der Waals surface area contributed by atoms with Gasteiger partial charge in [-0.15, -0.1) is 0 Å². The lowest BCUT2D eigenvalue weighted by molar-refractivity contribution is -0.145. The van der Waals surface area contributed by atoms with Gasteiger partial charge >= 0.3 is 0 Å². The number of carbonyl (C=O) groups excluding carboxylic acids is 3. The van der Waals surface area contributed by atoms with Crippen molar-refractivity contribution in [3.05, 3.63) is 129 Å². The average Bonchev–Trinajstić information content (AvgIpc) is 3.29. The first-order chi connectivity index (χ1) is 33.7. The number of hydrogen-bond donors (Lipinski definition) is 6. The molecule has 0 fully saturated rings. The second-order valence-corrected chi connectivity index (χ2v) is 22.5. The van der Waals surface area contributed by atoms with E-state index in [0.717, 1.165) is 33.9 Å². The molecule has 0 saturated carbocycles. The predicted octanol–water partition coefficient (Wildman–Crippen LogP) is 7.48. The molecule has 0 aliphatic carbocycles. The van der Waals surface area contributed by atoms with Crippen LogP contribution in [-0.4, -0.2) is 78.0 Å². The van der Waals surface area contributed by atoms with Crippen LogP contribution in [0.1, 0.15) is 117 Å². The zero-order valence-corrected chi connectivity index (χ0v) is 44.4. The molecule has 3 amide bonds. The number of ether oxygens (including phenoxy) is 2. The summed E-state index contributed by atoms with van der Waals surface area (Å²) < 4.78 is 42.8. The van der Waals surface area contributed by atoms with Crippen LogP contribution in [0.2, 0.25) is 0 Å². The number of primary amides is 1. The van der Waals surface area contributed by atoms with Crippen LogP contribution in [0.4, 0.5) is 0 Å². The number of nitrogens with zero attached hydrogens (tertiary/aromatic N) is 2. The molecule has 1 heterocycles. The number of benzene rings is 5. The smallest absolute Gasteiger partial charge is 0.264 e. The molecule has 9 N–H and O–H groups in total. The molecule has 0 saturated heterocycles. The molecule has 72 heavy (non-hydrogen) atoms. The summed E-state index contributed by atoms with van der Waals surface area (Å²) in [5.41, 5.74) is 24.4. The molecule has 0 radical (unpaired) electrons. The first-order valence-electron chi connectivity index (χ1n) is 24.5. The van der Waals surface area contributed by atoms with Gasteiger partial charge in [0.2, 0.25) is 23.7 Å². The van der Waals surface area contributed by atoms with Crippen LogP contribution in [0.25, 0.3) is 10.8 Å². The number of guanidine groups is 1. The predicted molar refractivity (Wildman–Crippen MR) is 284 cm³/mol. The third-order valence-corrected chi connectivity index (χ3v) is 15.1. The molecule has 0 spiro atoms. The number of aromatic hydroxyl groups is 1. The van der Waals surface area contributed by atoms with Crippen molar-refractivity contribution in [1.29, 1.82) is 0 Å². The number of rotatable bonds is 18. The Bertz CT molecular complexity index is 2960. The summed E-state index contributed by atoms with van der Waals surface area (Å²) in [6.45, 7) is 20.5. The molecule has 1 aliphatic heterocycles. The first-order valence-corrected chi connectivity index (χ1v) is 26.0. The third kappa shape index (κ3) is 13.1. The van der Waals surface area contributed by atoms with E-state index in [9.17, 15) is 23.1 Å². The summed E-state index contributed by atoms with van der Waals surface area (Å²) in [6.07, 6.45) is 1.70. The van der Waals surface area contributed by atoms with Crippen molar-refractivity contribution >= 4 is 44.5 Å². The number of phenols is 1. The van der Waals surface area contributed by atoms with Crippen LogP contribution in [0, 0.1) is 34.6 Å². The number of sulfonamides is 1. The number of amides is 3. The van der Waals surface area contributed by atoms with Crippen molar-refractivity contribution in [2.45, 2.75) is 155 Å². The van der Waals surface area contributed by atoms with E-state index in [0.29, 0.717) is 51.3 Å². The monoisotopic (exact) mass is 1000 g/mol. The van der Waals surface area contributed by atoms with E-state index < -0.39 is 57.5 Å². The Morgan fingerprint density at radius 1 is 0.875 bits per heavy atom. The number of nitrogens with two attached hydrogens (primary N) is 3. The van der Waals surface area contributed by atoms with Crippen molar-refractivity contribution in [2.24, 2.45) is 22.2 Å². The minimum absolute atomic E-state index is 0.0136. The fourth-order valence-corrected chi connectivity index (χ4v) is 11.1. The van der Waals surface area contributed by atoms with Crippen molar-refractivity contribution in [1.82, 2.24) is 14.9 Å². The molecule has 0 aromatic heterocycles. The van der Waals surface area contributed by atoms with E-state index in [1.165, 1.54) is 4.90 Å². The highest BCUT2D eigenvalue weighted by molar-refractivity contribution is 7.90. The molecule has 5 aromatic rings. The number of carbonyl (C=O) groups is 3. The van der Waals surface area contributed by atoms with Gasteiger partial charge in [-0.2, -0.15) is 0 Å². The molecule has 4 atom stereocenters. The van der Waals surface area contributed by atoms with Gasteiger partial charge in [0.25, 0.3) is 10.0 Å². The molecule has 16 heteroatoms. The minimum Gasteiger partial charge on any atom is -0.507 e. The van der Waals surface area contributed by atoms with E-state index in [-0.39, 0.29) is 54.4 Å². The molecule has 15 nitrogen and oxygen atoms in total. The Hall–Kier alpha value is -6.65. The van der Waals surface area contributed by atoms with Gasteiger partial charge in [0.1, 0.15) is 40.5 Å². The Morgan fingerprint density at radius 3 is 2.14 bits per heavy atom. The van der Waals surface area contributed by atoms with Gasteiger partial charge in [-0.25, -0.2) is 13.1 Å². The lowest BCUT2D eigenvalue weighted by atomic mass is 9.88. The summed E-state index contributed by atoms with van der Waals surface area (Å²) in [5.74, 6) is -0.826. The molecule has 6 rings (SSSR count). The van der Waals surface area contributed by atoms with E-state index in [4.69, 9.17) is 26.7 Å². The van der Waals surface area contributed by atoms with Gasteiger partial charge in [0.05, 0.1) is 17.0 Å². The number of aryl methyl sites for hydroxylation is 2. The topological polar surface area (TPSA) is 242 Å². The zero-order chi connectivity index (χ0) is 53.0. The fraction of sp³-hybridized carbons (Fsp3) is 0.429. The maximum Gasteiger partial charge on any atom is 0.264 e. The molecule has 5 aromatic carbocycles. The number of hydrogen-bond acceptors (Lipinski definition) is 10. The van der Waals surface area contributed by atoms with E-state index in [2.05, 4.69) is 15.0 Å². The van der Waals surface area contributed by atoms with Gasteiger partial charge < -0.3 is 42.0 Å². The van der Waals surface area contributed by atoms with Crippen LogP contribution < -0.4 is 36.7 Å². The lowest BCUT2D eigenvalue weighted by Crippen LogP contribution is -2.58. The Balaban J connectivity index is 1.30. The second kappa shape index (κ2) is 22.0. The Kier molecular flexibility index (Phi) is 16.7. The molecule has 0 bridgehead atoms. The van der Waals surface area contributed by atoms with Crippen molar-refractivity contribution in [3.8, 4) is 17.2 Å². The van der Waals surface area contributed by atoms with Crippen molar-refractivity contribution < 1.29 is 37.4 Å². The van der Waals surface area contributed by atoms with Crippen LogP contribution in [0.15, 0.2) is 88.8 Å². The first kappa shape index (κ1) is 54.7. The minimum atomic E-state index is -4.19. The van der Waals surface area contributed by atoms with Gasteiger partial charge in [-0.1, -0.05) is 60.7 Å².